The van der Waals surface area contributed by atoms with E-state index in [9.17, 15) is 5.11 Å². The lowest BCUT2D eigenvalue weighted by molar-refractivity contribution is 0.0191. The van der Waals surface area contributed by atoms with Gasteiger partial charge in [-0.15, -0.1) is 0 Å². The first-order chi connectivity index (χ1) is 13.2. The highest BCUT2D eigenvalue weighted by Crippen LogP contribution is 2.51. The Labute approximate surface area is 158 Å². The van der Waals surface area contributed by atoms with Crippen molar-refractivity contribution in [3.63, 3.8) is 0 Å². The standard InChI is InChI=1S/C21H24O6/c1-23-17-7-5-13(9-19(17)25-3)21-15-11-26-20(14(15)10-27-21)12-4-6-16(22)18(8-12)24-2/h4-9,14-15,20-22H,10-11H2,1-3H3/t14?,15?,20-,21+/m0/s1. The highest BCUT2D eigenvalue weighted by Gasteiger charge is 2.48. The molecule has 2 saturated heterocycles. The third-order valence-corrected chi connectivity index (χ3v) is 5.53. The highest BCUT2D eigenvalue weighted by molar-refractivity contribution is 5.45. The molecule has 0 saturated carbocycles. The Morgan fingerprint density at radius 3 is 1.81 bits per heavy atom. The largest absolute Gasteiger partial charge is 0.504 e. The van der Waals surface area contributed by atoms with Crippen molar-refractivity contribution >= 4 is 0 Å². The summed E-state index contributed by atoms with van der Waals surface area (Å²) in [4.78, 5) is 0. The van der Waals surface area contributed by atoms with Gasteiger partial charge in [-0.05, 0) is 35.4 Å². The van der Waals surface area contributed by atoms with Gasteiger partial charge in [-0.25, -0.2) is 0 Å². The molecule has 6 heteroatoms. The topological polar surface area (TPSA) is 66.4 Å². The van der Waals surface area contributed by atoms with E-state index in [0.29, 0.717) is 30.5 Å². The first-order valence-corrected chi connectivity index (χ1v) is 8.98. The third kappa shape index (κ3) is 3.09. The number of ether oxygens (including phenoxy) is 5. The van der Waals surface area contributed by atoms with Crippen LogP contribution in [-0.4, -0.2) is 39.6 Å². The maximum absolute atomic E-state index is 9.84. The van der Waals surface area contributed by atoms with E-state index in [2.05, 4.69) is 0 Å². The number of phenols is 1. The molecule has 2 aromatic rings. The van der Waals surface area contributed by atoms with Gasteiger partial charge in [0.05, 0.1) is 46.8 Å². The minimum Gasteiger partial charge on any atom is -0.504 e. The van der Waals surface area contributed by atoms with E-state index >= 15 is 0 Å². The molecule has 4 atom stereocenters. The van der Waals surface area contributed by atoms with Crippen LogP contribution in [0.1, 0.15) is 23.3 Å². The molecule has 6 nitrogen and oxygen atoms in total. The van der Waals surface area contributed by atoms with Crippen LogP contribution in [0.25, 0.3) is 0 Å². The van der Waals surface area contributed by atoms with Gasteiger partial charge in [-0.2, -0.15) is 0 Å². The van der Waals surface area contributed by atoms with Crippen LogP contribution in [0.15, 0.2) is 36.4 Å². The Kier molecular flexibility index (Phi) is 4.85. The zero-order chi connectivity index (χ0) is 19.0. The molecule has 2 fully saturated rings. The molecule has 144 valence electrons. The van der Waals surface area contributed by atoms with Gasteiger partial charge in [0.25, 0.3) is 0 Å². The number of rotatable bonds is 5. The second-order valence-electron chi connectivity index (χ2n) is 6.88. The Hall–Kier alpha value is -2.44. The predicted molar refractivity (Wildman–Crippen MR) is 98.6 cm³/mol. The lowest BCUT2D eigenvalue weighted by atomic mass is 9.85. The van der Waals surface area contributed by atoms with Gasteiger partial charge in [0, 0.05) is 11.8 Å². The Balaban J connectivity index is 1.57. The van der Waals surface area contributed by atoms with Crippen LogP contribution in [-0.2, 0) is 9.47 Å². The smallest absolute Gasteiger partial charge is 0.161 e. The molecule has 0 aliphatic carbocycles. The van der Waals surface area contributed by atoms with Gasteiger partial charge in [0.2, 0.25) is 0 Å². The summed E-state index contributed by atoms with van der Waals surface area (Å²) in [5.74, 6) is 2.48. The van der Waals surface area contributed by atoms with Crippen molar-refractivity contribution in [1.82, 2.24) is 0 Å². The molecule has 4 rings (SSSR count). The summed E-state index contributed by atoms with van der Waals surface area (Å²) in [5.41, 5.74) is 2.06. The van der Waals surface area contributed by atoms with E-state index < -0.39 is 0 Å². The second kappa shape index (κ2) is 7.29. The number of hydrogen-bond donors (Lipinski definition) is 1. The van der Waals surface area contributed by atoms with E-state index in [0.717, 1.165) is 11.1 Å². The Morgan fingerprint density at radius 1 is 0.741 bits per heavy atom. The molecular weight excluding hydrogens is 348 g/mol. The molecule has 2 unspecified atom stereocenters. The molecule has 2 aliphatic heterocycles. The van der Waals surface area contributed by atoms with E-state index in [4.69, 9.17) is 23.7 Å². The predicted octanol–water partition coefficient (Wildman–Crippen LogP) is 3.49. The summed E-state index contributed by atoms with van der Waals surface area (Å²) in [5, 5.41) is 9.84. The van der Waals surface area contributed by atoms with Crippen molar-refractivity contribution < 1.29 is 28.8 Å². The Bertz CT molecular complexity index is 820. The summed E-state index contributed by atoms with van der Waals surface area (Å²) in [6.07, 6.45) is -0.117. The highest BCUT2D eigenvalue weighted by atomic mass is 16.5. The van der Waals surface area contributed by atoms with Crippen molar-refractivity contribution in [3.8, 4) is 23.0 Å². The van der Waals surface area contributed by atoms with Crippen LogP contribution in [0.4, 0.5) is 0 Å². The number of aromatic hydroxyl groups is 1. The maximum atomic E-state index is 9.84. The minimum atomic E-state index is -0.0744. The summed E-state index contributed by atoms with van der Waals surface area (Å²) in [6, 6.07) is 11.3. The van der Waals surface area contributed by atoms with Gasteiger partial charge in [0.15, 0.2) is 23.0 Å². The molecule has 0 spiro atoms. The summed E-state index contributed by atoms with van der Waals surface area (Å²) in [7, 11) is 4.80. The fourth-order valence-corrected chi connectivity index (χ4v) is 4.14. The fraction of sp³-hybridized carbons (Fsp3) is 0.429. The Morgan fingerprint density at radius 2 is 1.26 bits per heavy atom. The van der Waals surface area contributed by atoms with Crippen molar-refractivity contribution in [3.05, 3.63) is 47.5 Å². The van der Waals surface area contributed by atoms with Crippen molar-refractivity contribution in [2.45, 2.75) is 12.2 Å². The zero-order valence-electron chi connectivity index (χ0n) is 15.7. The van der Waals surface area contributed by atoms with Crippen LogP contribution in [0.2, 0.25) is 0 Å². The van der Waals surface area contributed by atoms with E-state index in [1.54, 1.807) is 27.4 Å². The number of benzene rings is 2. The quantitative estimate of drug-likeness (QED) is 0.867. The van der Waals surface area contributed by atoms with Gasteiger partial charge in [-0.3, -0.25) is 0 Å². The van der Waals surface area contributed by atoms with Gasteiger partial charge >= 0.3 is 0 Å². The van der Waals surface area contributed by atoms with Crippen LogP contribution >= 0.6 is 0 Å². The summed E-state index contributed by atoms with van der Waals surface area (Å²) >= 11 is 0. The van der Waals surface area contributed by atoms with E-state index in [1.807, 2.05) is 30.3 Å². The average Bonchev–Trinajstić information content (AvgIpc) is 3.30. The van der Waals surface area contributed by atoms with E-state index in [1.165, 1.54) is 0 Å². The summed E-state index contributed by atoms with van der Waals surface area (Å²) in [6.45, 7) is 1.25. The van der Waals surface area contributed by atoms with Gasteiger partial charge < -0.3 is 28.8 Å². The van der Waals surface area contributed by atoms with Crippen molar-refractivity contribution in [1.29, 1.82) is 0 Å². The van der Waals surface area contributed by atoms with Crippen LogP contribution in [0.5, 0.6) is 23.0 Å². The molecule has 0 aromatic heterocycles. The van der Waals surface area contributed by atoms with Crippen molar-refractivity contribution in [2.75, 3.05) is 34.5 Å². The molecule has 0 bridgehead atoms. The fourth-order valence-electron chi connectivity index (χ4n) is 4.14. The minimum absolute atomic E-state index is 0.0428. The maximum Gasteiger partial charge on any atom is 0.161 e. The van der Waals surface area contributed by atoms with E-state index in [-0.39, 0.29) is 29.8 Å². The first-order valence-electron chi connectivity index (χ1n) is 8.98. The molecular formula is C21H24O6. The second-order valence-corrected chi connectivity index (χ2v) is 6.88. The summed E-state index contributed by atoms with van der Waals surface area (Å²) < 4.78 is 28.3. The van der Waals surface area contributed by atoms with Crippen LogP contribution in [0, 0.1) is 11.8 Å². The lowest BCUT2D eigenvalue weighted by Gasteiger charge is -2.18. The molecule has 1 N–H and O–H groups in total. The lowest BCUT2D eigenvalue weighted by Crippen LogP contribution is -2.14. The molecule has 2 aliphatic rings. The molecule has 0 amide bonds. The number of phenolic OH excluding ortho intramolecular Hbond substituents is 1. The number of methoxy groups -OCH3 is 3. The van der Waals surface area contributed by atoms with Crippen LogP contribution < -0.4 is 14.2 Å². The third-order valence-electron chi connectivity index (χ3n) is 5.53. The molecule has 27 heavy (non-hydrogen) atoms. The molecule has 2 heterocycles. The SMILES string of the molecule is COc1cc([C@@H]2OCC3C2CO[C@@H]3c2ccc(OC)c(OC)c2)ccc1O. The monoisotopic (exact) mass is 372 g/mol. The van der Waals surface area contributed by atoms with Gasteiger partial charge in [0.1, 0.15) is 0 Å². The normalized spacial score (nSPS) is 26.6. The van der Waals surface area contributed by atoms with Crippen LogP contribution in [0.3, 0.4) is 0 Å². The first kappa shape index (κ1) is 17.9. The average molecular weight is 372 g/mol. The molecule has 2 aromatic carbocycles. The molecule has 0 radical (unpaired) electrons. The van der Waals surface area contributed by atoms with Gasteiger partial charge in [-0.1, -0.05) is 12.1 Å². The number of hydrogen-bond acceptors (Lipinski definition) is 6. The number of fused-ring (bicyclic) bond motifs is 1. The zero-order valence-corrected chi connectivity index (χ0v) is 15.7. The van der Waals surface area contributed by atoms with Crippen molar-refractivity contribution in [2.24, 2.45) is 11.8 Å².